The van der Waals surface area contributed by atoms with E-state index in [1.165, 1.54) is 24.1 Å². The molecule has 0 aromatic heterocycles. The first kappa shape index (κ1) is 20.6. The van der Waals surface area contributed by atoms with Crippen LogP contribution in [0.15, 0.2) is 23.2 Å². The summed E-state index contributed by atoms with van der Waals surface area (Å²) in [5.41, 5.74) is 4.36. The van der Waals surface area contributed by atoms with Crippen LogP contribution in [0.25, 0.3) is 0 Å². The molecule has 1 amide bonds. The van der Waals surface area contributed by atoms with Crippen molar-refractivity contribution in [1.82, 2.24) is 4.90 Å². The maximum atomic E-state index is 14.9. The second-order valence-electron chi connectivity index (χ2n) is 9.30. The van der Waals surface area contributed by atoms with Crippen molar-refractivity contribution in [2.24, 2.45) is 33.9 Å². The number of nitrogens with two attached hydrogens (primary N) is 1. The van der Waals surface area contributed by atoms with Crippen molar-refractivity contribution in [3.05, 3.63) is 29.6 Å². The predicted molar refractivity (Wildman–Crippen MR) is 108 cm³/mol. The quantitative estimate of drug-likeness (QED) is 0.584. The van der Waals surface area contributed by atoms with Gasteiger partial charge in [0.2, 0.25) is 5.91 Å². The molecule has 0 spiro atoms. The van der Waals surface area contributed by atoms with E-state index in [1.807, 2.05) is 0 Å². The molecule has 1 heterocycles. The summed E-state index contributed by atoms with van der Waals surface area (Å²) >= 11 is 0. The maximum absolute atomic E-state index is 14.9. The molecular formula is C21H27FN4O4. The fourth-order valence-corrected chi connectivity index (χ4v) is 5.17. The fourth-order valence-electron chi connectivity index (χ4n) is 5.17. The first-order valence-electron chi connectivity index (χ1n) is 10.0. The molecule has 9 heteroatoms. The van der Waals surface area contributed by atoms with Crippen LogP contribution in [0.3, 0.4) is 0 Å². The predicted octanol–water partition coefficient (Wildman–Crippen LogP) is 1.35. The first-order chi connectivity index (χ1) is 13.9. The number of amides is 1. The summed E-state index contributed by atoms with van der Waals surface area (Å²) in [5.74, 6) is -2.29. The van der Waals surface area contributed by atoms with Crippen molar-refractivity contribution < 1.29 is 24.2 Å². The number of nitrogens with zero attached hydrogens (tertiary/aromatic N) is 2. The number of aliphatic hydroxyl groups is 1. The standard InChI is InChI=1S/C21H27FN4O4/c1-20(2)18(30)26(4)19(23)25-21(20,3)11-7-9(5-6-12(11)22)24-16-13(27)8-10-14(16)15(10)17(28)29/h5-7,10,13-16,24,27H,8H2,1-4H3,(H2,23,25)(H,28,29)/t10?,13?,14?,15?,16?,21-/m0/s1. The van der Waals surface area contributed by atoms with Crippen LogP contribution < -0.4 is 11.1 Å². The topological polar surface area (TPSA) is 128 Å². The number of hydrogen-bond acceptors (Lipinski definition) is 6. The van der Waals surface area contributed by atoms with E-state index in [9.17, 15) is 24.2 Å². The summed E-state index contributed by atoms with van der Waals surface area (Å²) in [5, 5.41) is 22.9. The average molecular weight is 418 g/mol. The number of rotatable bonds is 4. The number of benzene rings is 1. The zero-order valence-electron chi connectivity index (χ0n) is 17.4. The summed E-state index contributed by atoms with van der Waals surface area (Å²) in [6.45, 7) is 5.08. The SMILES string of the molecule is CN1C(=O)C(C)(C)[C@](C)(c2cc(NC3C(O)CC4C(C(=O)O)C43)ccc2F)N=C1N. The molecule has 5 N–H and O–H groups in total. The number of carbonyl (C=O) groups excluding carboxylic acids is 1. The molecule has 2 aliphatic carbocycles. The van der Waals surface area contributed by atoms with Crippen LogP contribution in [0, 0.1) is 29.0 Å². The van der Waals surface area contributed by atoms with Crippen molar-refractivity contribution in [3.8, 4) is 0 Å². The summed E-state index contributed by atoms with van der Waals surface area (Å²) in [6, 6.07) is 3.97. The number of aliphatic carboxylic acids is 1. The third-order valence-electron chi connectivity index (χ3n) is 7.42. The van der Waals surface area contributed by atoms with Crippen molar-refractivity contribution in [1.29, 1.82) is 0 Å². The van der Waals surface area contributed by atoms with Gasteiger partial charge in [-0.05, 0) is 57.2 Å². The summed E-state index contributed by atoms with van der Waals surface area (Å²) in [7, 11) is 1.53. The van der Waals surface area contributed by atoms with Crippen molar-refractivity contribution >= 4 is 23.5 Å². The van der Waals surface area contributed by atoms with Crippen LogP contribution in [0.4, 0.5) is 10.1 Å². The highest BCUT2D eigenvalue weighted by Crippen LogP contribution is 2.58. The van der Waals surface area contributed by atoms with Gasteiger partial charge in [0.1, 0.15) is 11.4 Å². The zero-order chi connectivity index (χ0) is 22.2. The number of anilines is 1. The Bertz CT molecular complexity index is 964. The number of halogens is 1. The number of carboxylic acid groups (broad SMARTS) is 1. The fraction of sp³-hybridized carbons (Fsp3) is 0.571. The van der Waals surface area contributed by atoms with Gasteiger partial charge in [-0.15, -0.1) is 0 Å². The number of fused-ring (bicyclic) bond motifs is 1. The molecule has 1 aromatic carbocycles. The van der Waals surface area contributed by atoms with E-state index in [0.29, 0.717) is 12.1 Å². The second-order valence-corrected chi connectivity index (χ2v) is 9.30. The lowest BCUT2D eigenvalue weighted by molar-refractivity contribution is -0.141. The molecule has 4 rings (SSSR count). The second kappa shape index (κ2) is 6.41. The van der Waals surface area contributed by atoms with Gasteiger partial charge < -0.3 is 21.3 Å². The third kappa shape index (κ3) is 2.71. The minimum atomic E-state index is -1.25. The molecule has 6 atom stereocenters. The van der Waals surface area contributed by atoms with Crippen molar-refractivity contribution in [3.63, 3.8) is 0 Å². The van der Waals surface area contributed by atoms with E-state index in [0.717, 1.165) is 0 Å². The molecule has 30 heavy (non-hydrogen) atoms. The Balaban J connectivity index is 1.69. The van der Waals surface area contributed by atoms with Gasteiger partial charge in [-0.25, -0.2) is 9.38 Å². The lowest BCUT2D eigenvalue weighted by Crippen LogP contribution is -2.58. The molecule has 1 aliphatic heterocycles. The van der Waals surface area contributed by atoms with E-state index < -0.39 is 40.8 Å². The van der Waals surface area contributed by atoms with Crippen LogP contribution in [0.2, 0.25) is 0 Å². The molecule has 2 fully saturated rings. The van der Waals surface area contributed by atoms with E-state index in [2.05, 4.69) is 10.3 Å². The Morgan fingerprint density at radius 3 is 2.67 bits per heavy atom. The normalized spacial score (nSPS) is 36.9. The van der Waals surface area contributed by atoms with Gasteiger partial charge >= 0.3 is 5.97 Å². The van der Waals surface area contributed by atoms with Crippen LogP contribution >= 0.6 is 0 Å². The van der Waals surface area contributed by atoms with E-state index in [4.69, 9.17) is 5.73 Å². The largest absolute Gasteiger partial charge is 0.481 e. The van der Waals surface area contributed by atoms with Gasteiger partial charge in [0.25, 0.3) is 0 Å². The Morgan fingerprint density at radius 1 is 1.37 bits per heavy atom. The summed E-state index contributed by atoms with van der Waals surface area (Å²) < 4.78 is 14.9. The molecule has 8 nitrogen and oxygen atoms in total. The average Bonchev–Trinajstić information content (AvgIpc) is 3.29. The zero-order valence-corrected chi connectivity index (χ0v) is 17.4. The Morgan fingerprint density at radius 2 is 2.03 bits per heavy atom. The highest BCUT2D eigenvalue weighted by Gasteiger charge is 2.65. The number of guanidine groups is 1. The molecule has 0 radical (unpaired) electrons. The Hall–Kier alpha value is -2.68. The molecule has 2 saturated carbocycles. The molecule has 3 aliphatic rings. The van der Waals surface area contributed by atoms with E-state index in [1.54, 1.807) is 26.8 Å². The Kier molecular flexibility index (Phi) is 4.40. The van der Waals surface area contributed by atoms with Gasteiger partial charge in [0.15, 0.2) is 5.96 Å². The van der Waals surface area contributed by atoms with E-state index in [-0.39, 0.29) is 29.3 Å². The lowest BCUT2D eigenvalue weighted by Gasteiger charge is -2.46. The number of nitrogens with one attached hydrogen (secondary N) is 1. The van der Waals surface area contributed by atoms with Gasteiger partial charge in [-0.3, -0.25) is 14.5 Å². The van der Waals surface area contributed by atoms with Gasteiger partial charge in [0, 0.05) is 18.3 Å². The highest BCUT2D eigenvalue weighted by molar-refractivity contribution is 6.01. The molecular weight excluding hydrogens is 391 g/mol. The Labute approximate surface area is 174 Å². The van der Waals surface area contributed by atoms with Crippen LogP contribution in [-0.4, -0.2) is 52.1 Å². The number of aliphatic hydroxyl groups excluding tert-OH is 1. The smallest absolute Gasteiger partial charge is 0.307 e. The third-order valence-corrected chi connectivity index (χ3v) is 7.42. The monoisotopic (exact) mass is 418 g/mol. The molecule has 0 saturated heterocycles. The highest BCUT2D eigenvalue weighted by atomic mass is 19.1. The number of carbonyl (C=O) groups is 2. The van der Waals surface area contributed by atoms with E-state index >= 15 is 0 Å². The van der Waals surface area contributed by atoms with Gasteiger partial charge in [0.05, 0.1) is 23.5 Å². The van der Waals surface area contributed by atoms with Crippen molar-refractivity contribution in [2.45, 2.75) is 44.9 Å². The van der Waals surface area contributed by atoms with Gasteiger partial charge in [-0.2, -0.15) is 0 Å². The van der Waals surface area contributed by atoms with Crippen LogP contribution in [-0.2, 0) is 15.1 Å². The first-order valence-corrected chi connectivity index (χ1v) is 10.0. The minimum absolute atomic E-state index is 0.0101. The van der Waals surface area contributed by atoms with Crippen LogP contribution in [0.5, 0.6) is 0 Å². The number of aliphatic imine (C=N–C) groups is 1. The molecule has 162 valence electrons. The lowest BCUT2D eigenvalue weighted by atomic mass is 9.67. The molecule has 0 bridgehead atoms. The van der Waals surface area contributed by atoms with Crippen LogP contribution in [0.1, 0.15) is 32.8 Å². The molecule has 1 aromatic rings. The van der Waals surface area contributed by atoms with Crippen molar-refractivity contribution in [2.75, 3.05) is 12.4 Å². The van der Waals surface area contributed by atoms with Gasteiger partial charge in [-0.1, -0.05) is 0 Å². The minimum Gasteiger partial charge on any atom is -0.481 e. The molecule has 5 unspecified atom stereocenters. The maximum Gasteiger partial charge on any atom is 0.307 e. The number of carboxylic acids is 1. The number of hydrogen-bond donors (Lipinski definition) is 4. The summed E-state index contributed by atoms with van der Waals surface area (Å²) in [6.07, 6.45) is -0.241. The summed E-state index contributed by atoms with van der Waals surface area (Å²) in [4.78, 5) is 30.0.